The highest BCUT2D eigenvalue weighted by molar-refractivity contribution is 6.31. The van der Waals surface area contributed by atoms with E-state index in [-0.39, 0.29) is 12.1 Å². The standard InChI is InChI=1S/C19H13ClF4N2O/c20-15-4-3-5-17(26-8-1-2-9-26)13(15)11-25-18(27)12-6-7-14(16(21)10-12)19(22,23)24/h1-10H,11H2,(H,25,27). The smallest absolute Gasteiger partial charge is 0.348 e. The molecule has 140 valence electrons. The number of nitrogens with one attached hydrogen (secondary N) is 1. The molecule has 3 rings (SSSR count). The molecule has 1 N–H and O–H groups in total. The lowest BCUT2D eigenvalue weighted by atomic mass is 10.1. The van der Waals surface area contributed by atoms with Crippen LogP contribution in [0.25, 0.3) is 5.69 Å². The first-order valence-electron chi connectivity index (χ1n) is 7.83. The average Bonchev–Trinajstić information content (AvgIpc) is 3.13. The summed E-state index contributed by atoms with van der Waals surface area (Å²) in [6.45, 7) is 0.0225. The third-order valence-corrected chi connectivity index (χ3v) is 4.29. The Morgan fingerprint density at radius 3 is 2.41 bits per heavy atom. The van der Waals surface area contributed by atoms with Crippen LogP contribution in [0.5, 0.6) is 0 Å². The van der Waals surface area contributed by atoms with Gasteiger partial charge in [-0.25, -0.2) is 4.39 Å². The third kappa shape index (κ3) is 4.14. The molecule has 0 unspecified atom stereocenters. The van der Waals surface area contributed by atoms with Crippen LogP contribution < -0.4 is 5.32 Å². The van der Waals surface area contributed by atoms with Gasteiger partial charge in [-0.15, -0.1) is 0 Å². The number of alkyl halides is 3. The van der Waals surface area contributed by atoms with Gasteiger partial charge < -0.3 is 9.88 Å². The summed E-state index contributed by atoms with van der Waals surface area (Å²) in [6, 6.07) is 10.9. The molecule has 0 aliphatic carbocycles. The lowest BCUT2D eigenvalue weighted by molar-refractivity contribution is -0.140. The Morgan fingerprint density at radius 2 is 1.78 bits per heavy atom. The number of amides is 1. The molecule has 0 aliphatic rings. The van der Waals surface area contributed by atoms with E-state index in [4.69, 9.17) is 11.6 Å². The molecule has 0 saturated carbocycles. The maximum absolute atomic E-state index is 13.7. The van der Waals surface area contributed by atoms with E-state index in [1.165, 1.54) is 0 Å². The lowest BCUT2D eigenvalue weighted by Gasteiger charge is -2.14. The van der Waals surface area contributed by atoms with Crippen LogP contribution in [0.15, 0.2) is 60.9 Å². The topological polar surface area (TPSA) is 34.0 Å². The first-order valence-corrected chi connectivity index (χ1v) is 8.21. The first-order chi connectivity index (χ1) is 12.8. The van der Waals surface area contributed by atoms with Crippen LogP contribution in [0.4, 0.5) is 17.6 Å². The van der Waals surface area contributed by atoms with E-state index in [1.54, 1.807) is 12.1 Å². The molecular formula is C19H13ClF4N2O. The maximum Gasteiger partial charge on any atom is 0.419 e. The Balaban J connectivity index is 1.80. The highest BCUT2D eigenvalue weighted by Crippen LogP contribution is 2.31. The van der Waals surface area contributed by atoms with Crippen LogP contribution in [0.3, 0.4) is 0 Å². The number of carbonyl (C=O) groups excluding carboxylic acids is 1. The molecule has 0 aliphatic heterocycles. The van der Waals surface area contributed by atoms with Crippen LogP contribution >= 0.6 is 11.6 Å². The van der Waals surface area contributed by atoms with Crippen molar-refractivity contribution >= 4 is 17.5 Å². The molecule has 27 heavy (non-hydrogen) atoms. The molecule has 2 aromatic carbocycles. The Labute approximate surface area is 157 Å². The fourth-order valence-corrected chi connectivity index (χ4v) is 2.85. The molecule has 3 nitrogen and oxygen atoms in total. The summed E-state index contributed by atoms with van der Waals surface area (Å²) in [7, 11) is 0. The monoisotopic (exact) mass is 396 g/mol. The second-order valence-electron chi connectivity index (χ2n) is 5.70. The number of hydrogen-bond donors (Lipinski definition) is 1. The van der Waals surface area contributed by atoms with Crippen molar-refractivity contribution < 1.29 is 22.4 Å². The SMILES string of the molecule is O=C(NCc1c(Cl)cccc1-n1cccc1)c1ccc(C(F)(F)F)c(F)c1. The van der Waals surface area contributed by atoms with Gasteiger partial charge in [-0.05, 0) is 42.5 Å². The zero-order valence-corrected chi connectivity index (χ0v) is 14.5. The number of aromatic nitrogens is 1. The van der Waals surface area contributed by atoms with Gasteiger partial charge in [0.1, 0.15) is 5.82 Å². The summed E-state index contributed by atoms with van der Waals surface area (Å²) in [5.41, 5.74) is -0.266. The second-order valence-corrected chi connectivity index (χ2v) is 6.11. The number of nitrogens with zero attached hydrogens (tertiary/aromatic N) is 1. The van der Waals surface area contributed by atoms with Crippen molar-refractivity contribution in [1.29, 1.82) is 0 Å². The Bertz CT molecular complexity index is 968. The van der Waals surface area contributed by atoms with E-state index in [9.17, 15) is 22.4 Å². The fraction of sp³-hybridized carbons (Fsp3) is 0.105. The molecule has 1 aromatic heterocycles. The van der Waals surface area contributed by atoms with Gasteiger partial charge in [-0.2, -0.15) is 13.2 Å². The normalized spacial score (nSPS) is 11.4. The minimum atomic E-state index is -4.82. The van der Waals surface area contributed by atoms with Crippen molar-refractivity contribution in [2.75, 3.05) is 0 Å². The van der Waals surface area contributed by atoms with Crippen LogP contribution in [0.2, 0.25) is 5.02 Å². The predicted molar refractivity (Wildman–Crippen MR) is 93.4 cm³/mol. The summed E-state index contributed by atoms with van der Waals surface area (Å²) in [5, 5.41) is 2.98. The highest BCUT2D eigenvalue weighted by atomic mass is 35.5. The van der Waals surface area contributed by atoms with E-state index in [0.717, 1.165) is 11.8 Å². The number of benzene rings is 2. The molecule has 0 radical (unpaired) electrons. The largest absolute Gasteiger partial charge is 0.419 e. The lowest BCUT2D eigenvalue weighted by Crippen LogP contribution is -2.24. The van der Waals surface area contributed by atoms with Crippen LogP contribution in [-0.4, -0.2) is 10.5 Å². The number of carbonyl (C=O) groups is 1. The van der Waals surface area contributed by atoms with Gasteiger partial charge in [0, 0.05) is 35.1 Å². The predicted octanol–water partition coefficient (Wildman–Crippen LogP) is 5.22. The van der Waals surface area contributed by atoms with Crippen molar-refractivity contribution in [1.82, 2.24) is 9.88 Å². The van der Waals surface area contributed by atoms with Gasteiger partial charge in [0.25, 0.3) is 5.91 Å². The molecule has 8 heteroatoms. The van der Waals surface area contributed by atoms with E-state index < -0.39 is 23.5 Å². The zero-order chi connectivity index (χ0) is 19.6. The van der Waals surface area contributed by atoms with Crippen molar-refractivity contribution in [2.45, 2.75) is 12.7 Å². The summed E-state index contributed by atoms with van der Waals surface area (Å²) >= 11 is 6.22. The fourth-order valence-electron chi connectivity index (χ4n) is 2.62. The first kappa shape index (κ1) is 19.0. The molecule has 0 spiro atoms. The third-order valence-electron chi connectivity index (χ3n) is 3.94. The van der Waals surface area contributed by atoms with E-state index >= 15 is 0 Å². The van der Waals surface area contributed by atoms with Crippen molar-refractivity contribution in [3.8, 4) is 5.69 Å². The minimum absolute atomic E-state index is 0.0225. The second kappa shape index (κ2) is 7.44. The highest BCUT2D eigenvalue weighted by Gasteiger charge is 2.34. The van der Waals surface area contributed by atoms with Gasteiger partial charge in [0.2, 0.25) is 0 Å². The Morgan fingerprint density at radius 1 is 1.07 bits per heavy atom. The minimum Gasteiger partial charge on any atom is -0.348 e. The maximum atomic E-state index is 13.7. The average molecular weight is 397 g/mol. The Kier molecular flexibility index (Phi) is 5.23. The van der Waals surface area contributed by atoms with Crippen molar-refractivity contribution in [3.63, 3.8) is 0 Å². The summed E-state index contributed by atoms with van der Waals surface area (Å²) in [6.07, 6.45) is -1.20. The number of rotatable bonds is 4. The summed E-state index contributed by atoms with van der Waals surface area (Å²) in [5.74, 6) is -2.21. The molecule has 0 saturated heterocycles. The summed E-state index contributed by atoms with van der Waals surface area (Å²) < 4.78 is 53.3. The van der Waals surface area contributed by atoms with Crippen molar-refractivity contribution in [3.05, 3.63) is 88.5 Å². The van der Waals surface area contributed by atoms with Gasteiger partial charge >= 0.3 is 6.18 Å². The van der Waals surface area contributed by atoms with Gasteiger partial charge in [0.15, 0.2) is 0 Å². The molecule has 1 heterocycles. The molecular weight excluding hydrogens is 384 g/mol. The van der Waals surface area contributed by atoms with E-state index in [0.29, 0.717) is 22.7 Å². The summed E-state index contributed by atoms with van der Waals surface area (Å²) in [4.78, 5) is 12.2. The van der Waals surface area contributed by atoms with E-state index in [2.05, 4.69) is 5.32 Å². The zero-order valence-electron chi connectivity index (χ0n) is 13.7. The van der Waals surface area contributed by atoms with Gasteiger partial charge in [-0.3, -0.25) is 4.79 Å². The van der Waals surface area contributed by atoms with Crippen LogP contribution in [0, 0.1) is 5.82 Å². The molecule has 0 fully saturated rings. The number of halogens is 5. The molecule has 3 aromatic rings. The van der Waals surface area contributed by atoms with Crippen molar-refractivity contribution in [2.24, 2.45) is 0 Å². The Hall–Kier alpha value is -2.80. The van der Waals surface area contributed by atoms with Crippen LogP contribution in [-0.2, 0) is 12.7 Å². The molecule has 0 bridgehead atoms. The molecule has 1 amide bonds. The quantitative estimate of drug-likeness (QED) is 0.603. The van der Waals surface area contributed by atoms with Crippen LogP contribution in [0.1, 0.15) is 21.5 Å². The molecule has 0 atom stereocenters. The van der Waals surface area contributed by atoms with E-state index in [1.807, 2.05) is 35.2 Å². The number of hydrogen-bond acceptors (Lipinski definition) is 1. The van der Waals surface area contributed by atoms with Gasteiger partial charge in [-0.1, -0.05) is 17.7 Å². The van der Waals surface area contributed by atoms with Gasteiger partial charge in [0.05, 0.1) is 11.3 Å².